The monoisotopic (exact) mass is 504 g/mol. The lowest BCUT2D eigenvalue weighted by Crippen LogP contribution is -2.65. The van der Waals surface area contributed by atoms with E-state index in [0.717, 1.165) is 0 Å². The highest BCUT2D eigenvalue weighted by atomic mass is 35.5. The Labute approximate surface area is 201 Å². The molecule has 5 N–H and O–H groups in total. The van der Waals surface area contributed by atoms with Gasteiger partial charge in [0.15, 0.2) is 0 Å². The molecule has 6 atom stereocenters. The number of hydrogen-bond acceptors (Lipinski definition) is 9. The van der Waals surface area contributed by atoms with Crippen molar-refractivity contribution in [3.05, 3.63) is 64.2 Å². The Morgan fingerprint density at radius 3 is 2.42 bits per heavy atom. The zero-order chi connectivity index (χ0) is 23.1. The molecule has 1 unspecified atom stereocenters. The van der Waals surface area contributed by atoms with E-state index >= 15 is 0 Å². The highest BCUT2D eigenvalue weighted by Gasteiger charge is 2.67. The molecule has 0 spiro atoms. The van der Waals surface area contributed by atoms with Crippen LogP contribution >= 0.6 is 24.0 Å². The van der Waals surface area contributed by atoms with Crippen LogP contribution < -0.4 is 4.74 Å². The van der Waals surface area contributed by atoms with E-state index in [1.165, 1.54) is 18.2 Å². The molecule has 2 saturated heterocycles. The number of aliphatic hydroxyl groups is 4. The molecule has 2 aliphatic heterocycles. The SMILES string of the molecule is CCOc1ccc(C(OO)c2cc([C@]34OC[C@](CO)(O3)[C@@H](O)[C@H](O)[C@H]4O)ccc2Cl)cc1.Cl. The largest absolute Gasteiger partial charge is 0.494 e. The van der Waals surface area contributed by atoms with Crippen LogP contribution in [0.3, 0.4) is 0 Å². The van der Waals surface area contributed by atoms with E-state index in [2.05, 4.69) is 0 Å². The van der Waals surface area contributed by atoms with Gasteiger partial charge in [-0.15, -0.1) is 12.4 Å². The van der Waals surface area contributed by atoms with Crippen molar-refractivity contribution >= 4 is 24.0 Å². The van der Waals surface area contributed by atoms with Gasteiger partial charge in [-0.25, -0.2) is 4.89 Å². The van der Waals surface area contributed by atoms with Gasteiger partial charge < -0.3 is 34.6 Å². The Kier molecular flexibility index (Phi) is 7.92. The number of ether oxygens (including phenoxy) is 3. The van der Waals surface area contributed by atoms with Gasteiger partial charge in [0.1, 0.15) is 35.8 Å². The summed E-state index contributed by atoms with van der Waals surface area (Å²) in [6, 6.07) is 11.4. The maximum Gasteiger partial charge on any atom is 0.225 e. The first kappa shape index (κ1) is 26.1. The van der Waals surface area contributed by atoms with E-state index in [4.69, 9.17) is 30.7 Å². The van der Waals surface area contributed by atoms with E-state index in [0.29, 0.717) is 23.5 Å². The molecule has 0 aromatic heterocycles. The first-order valence-electron chi connectivity index (χ1n) is 10.1. The summed E-state index contributed by atoms with van der Waals surface area (Å²) in [5.41, 5.74) is -0.420. The molecule has 0 amide bonds. The molecule has 0 saturated carbocycles. The summed E-state index contributed by atoms with van der Waals surface area (Å²) < 4.78 is 17.0. The molecule has 182 valence electrons. The lowest BCUT2D eigenvalue weighted by molar-refractivity contribution is -0.329. The lowest BCUT2D eigenvalue weighted by atomic mass is 9.83. The minimum Gasteiger partial charge on any atom is -0.494 e. The summed E-state index contributed by atoms with van der Waals surface area (Å²) in [4.78, 5) is 4.73. The Morgan fingerprint density at radius 2 is 1.82 bits per heavy atom. The molecule has 9 nitrogen and oxygen atoms in total. The smallest absolute Gasteiger partial charge is 0.225 e. The standard InChI is InChI=1S/C22H25ClO9.ClH/c1-2-29-14-6-3-12(4-7-14)18(31-28)15-9-13(5-8-16(15)23)22-20(27)17(25)19(26)21(10-24,32-22)11-30-22;/h3-9,17-20,24-28H,2,10-11H2,1H3;1H/t17-,18?,19-,20+,21-,22-;/m0./s1. The fourth-order valence-electron chi connectivity index (χ4n) is 4.24. The average Bonchev–Trinajstić information content (AvgIpc) is 3.19. The highest BCUT2D eigenvalue weighted by molar-refractivity contribution is 6.31. The van der Waals surface area contributed by atoms with E-state index < -0.39 is 42.4 Å². The summed E-state index contributed by atoms with van der Waals surface area (Å²) in [6.07, 6.45) is -5.83. The zero-order valence-corrected chi connectivity index (χ0v) is 19.2. The average molecular weight is 505 g/mol. The molecule has 4 rings (SSSR count). The molecule has 2 heterocycles. The molecular formula is C22H26Cl2O9. The van der Waals surface area contributed by atoms with Gasteiger partial charge in [-0.05, 0) is 36.8 Å². The van der Waals surface area contributed by atoms with Crippen LogP contribution in [0.1, 0.15) is 29.7 Å². The van der Waals surface area contributed by atoms with Crippen molar-refractivity contribution in [1.29, 1.82) is 0 Å². The summed E-state index contributed by atoms with van der Waals surface area (Å²) in [5.74, 6) is -1.21. The number of benzene rings is 2. The van der Waals surface area contributed by atoms with Gasteiger partial charge in [-0.1, -0.05) is 29.8 Å². The van der Waals surface area contributed by atoms with Crippen molar-refractivity contribution in [3.8, 4) is 5.75 Å². The Balaban J connectivity index is 0.00000306. The normalized spacial score (nSPS) is 31.7. The van der Waals surface area contributed by atoms with Crippen LogP contribution in [0.5, 0.6) is 5.75 Å². The second kappa shape index (κ2) is 10.0. The van der Waals surface area contributed by atoms with E-state index in [-0.39, 0.29) is 29.6 Å². The third-order valence-corrected chi connectivity index (χ3v) is 6.35. The van der Waals surface area contributed by atoms with Crippen molar-refractivity contribution in [3.63, 3.8) is 0 Å². The Hall–Kier alpha value is -1.50. The van der Waals surface area contributed by atoms with Gasteiger partial charge in [-0.2, -0.15) is 0 Å². The fraction of sp³-hybridized carbons (Fsp3) is 0.455. The molecule has 2 aromatic rings. The number of rotatable bonds is 7. The van der Waals surface area contributed by atoms with Gasteiger partial charge in [-0.3, -0.25) is 5.26 Å². The van der Waals surface area contributed by atoms with Crippen molar-refractivity contribution in [2.75, 3.05) is 19.8 Å². The molecule has 0 aliphatic carbocycles. The number of hydrogen-bond donors (Lipinski definition) is 5. The van der Waals surface area contributed by atoms with Crippen LogP contribution in [-0.2, 0) is 20.1 Å². The van der Waals surface area contributed by atoms with Crippen LogP contribution in [-0.4, -0.2) is 69.4 Å². The van der Waals surface area contributed by atoms with Gasteiger partial charge in [0.2, 0.25) is 5.79 Å². The maximum atomic E-state index is 10.7. The maximum absolute atomic E-state index is 10.7. The topological polar surface area (TPSA) is 138 Å². The summed E-state index contributed by atoms with van der Waals surface area (Å²) in [6.45, 7) is 1.49. The van der Waals surface area contributed by atoms with Gasteiger partial charge >= 0.3 is 0 Å². The zero-order valence-electron chi connectivity index (χ0n) is 17.6. The van der Waals surface area contributed by atoms with E-state index in [1.807, 2.05) is 6.92 Å². The number of halogens is 2. The van der Waals surface area contributed by atoms with Crippen molar-refractivity contribution in [2.45, 2.75) is 42.7 Å². The van der Waals surface area contributed by atoms with Gasteiger partial charge in [0, 0.05) is 16.1 Å². The van der Waals surface area contributed by atoms with Gasteiger partial charge in [0.25, 0.3) is 0 Å². The minimum absolute atomic E-state index is 0. The van der Waals surface area contributed by atoms with E-state index in [1.54, 1.807) is 24.3 Å². The highest BCUT2D eigenvalue weighted by Crippen LogP contribution is 2.50. The number of fused-ring (bicyclic) bond motifs is 2. The van der Waals surface area contributed by atoms with Crippen LogP contribution in [0, 0.1) is 0 Å². The van der Waals surface area contributed by atoms with Gasteiger partial charge in [0.05, 0.1) is 19.8 Å². The minimum atomic E-state index is -1.86. The van der Waals surface area contributed by atoms with Crippen LogP contribution in [0.25, 0.3) is 0 Å². The molecular weight excluding hydrogens is 479 g/mol. The van der Waals surface area contributed by atoms with Crippen LogP contribution in [0.2, 0.25) is 5.02 Å². The summed E-state index contributed by atoms with van der Waals surface area (Å²) in [7, 11) is 0. The molecule has 2 aliphatic rings. The molecule has 2 bridgehead atoms. The molecule has 11 heteroatoms. The Morgan fingerprint density at radius 1 is 1.12 bits per heavy atom. The van der Waals surface area contributed by atoms with Crippen molar-refractivity contribution < 1.29 is 44.8 Å². The molecule has 2 fully saturated rings. The third-order valence-electron chi connectivity index (χ3n) is 6.01. The second-order valence-corrected chi connectivity index (χ2v) is 8.29. The third kappa shape index (κ3) is 4.23. The molecule has 33 heavy (non-hydrogen) atoms. The predicted molar refractivity (Wildman–Crippen MR) is 118 cm³/mol. The second-order valence-electron chi connectivity index (χ2n) is 7.89. The van der Waals surface area contributed by atoms with Crippen LogP contribution in [0.4, 0.5) is 0 Å². The predicted octanol–water partition coefficient (Wildman–Crippen LogP) is 1.77. The Bertz CT molecular complexity index is 959. The molecule has 2 aromatic carbocycles. The van der Waals surface area contributed by atoms with Crippen molar-refractivity contribution in [1.82, 2.24) is 0 Å². The van der Waals surface area contributed by atoms with Crippen molar-refractivity contribution in [2.24, 2.45) is 0 Å². The molecule has 0 radical (unpaired) electrons. The van der Waals surface area contributed by atoms with E-state index in [9.17, 15) is 25.7 Å². The quantitative estimate of drug-likeness (QED) is 0.282. The fourth-order valence-corrected chi connectivity index (χ4v) is 4.46. The lowest BCUT2D eigenvalue weighted by Gasteiger charge is -2.46. The number of aliphatic hydroxyl groups excluding tert-OH is 4. The first-order valence-corrected chi connectivity index (χ1v) is 10.5. The first-order chi connectivity index (χ1) is 15.3. The van der Waals surface area contributed by atoms with Crippen LogP contribution in [0.15, 0.2) is 42.5 Å². The summed E-state index contributed by atoms with van der Waals surface area (Å²) >= 11 is 6.39. The summed E-state index contributed by atoms with van der Waals surface area (Å²) in [5, 5.41) is 51.2.